The summed E-state index contributed by atoms with van der Waals surface area (Å²) in [5.41, 5.74) is 2.41. The first-order valence-corrected chi connectivity index (χ1v) is 6.47. The Labute approximate surface area is 118 Å². The minimum absolute atomic E-state index is 0.529. The summed E-state index contributed by atoms with van der Waals surface area (Å²) >= 11 is 5.77. The van der Waals surface area contributed by atoms with Crippen LogP contribution in [0.15, 0.2) is 42.6 Å². The normalized spacial score (nSPS) is 10.7. The van der Waals surface area contributed by atoms with Crippen molar-refractivity contribution in [3.63, 3.8) is 0 Å². The van der Waals surface area contributed by atoms with Crippen molar-refractivity contribution < 1.29 is 4.74 Å². The van der Waals surface area contributed by atoms with E-state index in [1.807, 2.05) is 30.5 Å². The maximum atomic E-state index is 5.77. The Morgan fingerprint density at radius 2 is 1.68 bits per heavy atom. The van der Waals surface area contributed by atoms with Crippen LogP contribution in [0.4, 0.5) is 0 Å². The van der Waals surface area contributed by atoms with Crippen molar-refractivity contribution in [2.45, 2.75) is 13.1 Å². The lowest BCUT2D eigenvalue weighted by atomic mass is 10.2. The van der Waals surface area contributed by atoms with Gasteiger partial charge in [-0.05, 0) is 36.4 Å². The minimum atomic E-state index is 0.529. The van der Waals surface area contributed by atoms with Crippen LogP contribution in [0.5, 0.6) is 5.75 Å². The van der Waals surface area contributed by atoms with Gasteiger partial charge in [0.25, 0.3) is 0 Å². The molecule has 2 rings (SSSR count). The molecule has 0 aliphatic heterocycles. The Morgan fingerprint density at radius 3 is 2.26 bits per heavy atom. The van der Waals surface area contributed by atoms with Gasteiger partial charge in [-0.2, -0.15) is 0 Å². The van der Waals surface area contributed by atoms with E-state index in [9.17, 15) is 0 Å². The highest BCUT2D eigenvalue weighted by Crippen LogP contribution is 2.14. The average Bonchev–Trinajstić information content (AvgIpc) is 2.42. The van der Waals surface area contributed by atoms with E-state index in [1.54, 1.807) is 7.11 Å². The van der Waals surface area contributed by atoms with Gasteiger partial charge in [-0.25, -0.2) is 4.98 Å². The van der Waals surface area contributed by atoms with E-state index >= 15 is 0 Å². The van der Waals surface area contributed by atoms with Gasteiger partial charge in [0, 0.05) is 19.3 Å². The molecule has 1 aromatic heterocycles. The molecule has 0 radical (unpaired) electrons. The van der Waals surface area contributed by atoms with Crippen LogP contribution in [-0.2, 0) is 13.1 Å². The molecule has 2 aromatic rings. The molecule has 0 atom stereocenters. The van der Waals surface area contributed by atoms with Crippen molar-refractivity contribution in [3.8, 4) is 5.75 Å². The van der Waals surface area contributed by atoms with Crippen LogP contribution in [0.25, 0.3) is 0 Å². The largest absolute Gasteiger partial charge is 0.497 e. The van der Waals surface area contributed by atoms with Gasteiger partial charge in [0.2, 0.25) is 0 Å². The predicted octanol–water partition coefficient (Wildman–Crippen LogP) is 3.38. The fourth-order valence-electron chi connectivity index (χ4n) is 1.91. The molecule has 0 amide bonds. The Balaban J connectivity index is 1.92. The highest BCUT2D eigenvalue weighted by Gasteiger charge is 2.03. The minimum Gasteiger partial charge on any atom is -0.497 e. The van der Waals surface area contributed by atoms with Crippen LogP contribution in [0.2, 0.25) is 5.15 Å². The van der Waals surface area contributed by atoms with Gasteiger partial charge >= 0.3 is 0 Å². The fourth-order valence-corrected chi connectivity index (χ4v) is 2.02. The summed E-state index contributed by atoms with van der Waals surface area (Å²) in [5, 5.41) is 0.529. The molecule has 0 saturated heterocycles. The summed E-state index contributed by atoms with van der Waals surface area (Å²) in [4.78, 5) is 6.31. The number of hydrogen-bond acceptors (Lipinski definition) is 3. The number of hydrogen-bond donors (Lipinski definition) is 0. The van der Waals surface area contributed by atoms with Crippen molar-refractivity contribution in [2.75, 3.05) is 14.2 Å². The van der Waals surface area contributed by atoms with Gasteiger partial charge in [-0.15, -0.1) is 0 Å². The van der Waals surface area contributed by atoms with Gasteiger partial charge in [0.1, 0.15) is 10.9 Å². The van der Waals surface area contributed by atoms with Crippen LogP contribution in [0, 0.1) is 0 Å². The summed E-state index contributed by atoms with van der Waals surface area (Å²) in [5.74, 6) is 0.883. The van der Waals surface area contributed by atoms with Gasteiger partial charge < -0.3 is 4.74 Å². The first-order chi connectivity index (χ1) is 9.17. The number of nitrogens with zero attached hydrogens (tertiary/aromatic N) is 2. The molecule has 3 nitrogen and oxygen atoms in total. The Kier molecular flexibility index (Phi) is 4.77. The number of halogens is 1. The van der Waals surface area contributed by atoms with E-state index in [0.29, 0.717) is 5.15 Å². The van der Waals surface area contributed by atoms with Gasteiger partial charge in [-0.3, -0.25) is 4.90 Å². The molecular weight excluding hydrogens is 260 g/mol. The topological polar surface area (TPSA) is 25.4 Å². The Bertz CT molecular complexity index is 511. The Morgan fingerprint density at radius 1 is 1.05 bits per heavy atom. The predicted molar refractivity (Wildman–Crippen MR) is 77.4 cm³/mol. The number of benzene rings is 1. The smallest absolute Gasteiger partial charge is 0.129 e. The number of aromatic nitrogens is 1. The molecule has 0 aliphatic rings. The highest BCUT2D eigenvalue weighted by atomic mass is 35.5. The second-order valence-corrected chi connectivity index (χ2v) is 4.90. The van der Waals surface area contributed by atoms with E-state index in [4.69, 9.17) is 16.3 Å². The zero-order chi connectivity index (χ0) is 13.7. The fraction of sp³-hybridized carbons (Fsp3) is 0.267. The first-order valence-electron chi connectivity index (χ1n) is 6.09. The molecule has 19 heavy (non-hydrogen) atoms. The van der Waals surface area contributed by atoms with Crippen LogP contribution in [-0.4, -0.2) is 24.0 Å². The summed E-state index contributed by atoms with van der Waals surface area (Å²) in [6.07, 6.45) is 1.81. The third-order valence-corrected chi connectivity index (χ3v) is 3.08. The van der Waals surface area contributed by atoms with Crippen LogP contribution in [0.1, 0.15) is 11.1 Å². The number of rotatable bonds is 5. The molecule has 0 aliphatic carbocycles. The second kappa shape index (κ2) is 6.55. The standard InChI is InChI=1S/C15H17ClN2O/c1-18(11-13-5-8-15(16)17-9-13)10-12-3-6-14(19-2)7-4-12/h3-9H,10-11H2,1-2H3. The van der Waals surface area contributed by atoms with Crippen LogP contribution < -0.4 is 4.74 Å². The maximum absolute atomic E-state index is 5.77. The summed E-state index contributed by atoms with van der Waals surface area (Å²) in [6.45, 7) is 1.73. The van der Waals surface area contributed by atoms with E-state index in [2.05, 4.69) is 29.1 Å². The van der Waals surface area contributed by atoms with Crippen LogP contribution >= 0.6 is 11.6 Å². The van der Waals surface area contributed by atoms with E-state index in [-0.39, 0.29) is 0 Å². The molecule has 0 bridgehead atoms. The van der Waals surface area contributed by atoms with E-state index in [1.165, 1.54) is 5.56 Å². The summed E-state index contributed by atoms with van der Waals surface area (Å²) in [6, 6.07) is 11.9. The molecule has 4 heteroatoms. The second-order valence-electron chi connectivity index (χ2n) is 4.51. The van der Waals surface area contributed by atoms with Crippen molar-refractivity contribution in [1.29, 1.82) is 0 Å². The Hall–Kier alpha value is -1.58. The number of ether oxygens (including phenoxy) is 1. The molecule has 0 fully saturated rings. The maximum Gasteiger partial charge on any atom is 0.129 e. The van der Waals surface area contributed by atoms with Crippen LogP contribution in [0.3, 0.4) is 0 Å². The lowest BCUT2D eigenvalue weighted by molar-refractivity contribution is 0.318. The molecule has 100 valence electrons. The lowest BCUT2D eigenvalue weighted by Crippen LogP contribution is -2.17. The van der Waals surface area contributed by atoms with Crippen molar-refractivity contribution in [2.24, 2.45) is 0 Å². The monoisotopic (exact) mass is 276 g/mol. The van der Waals surface area contributed by atoms with E-state index < -0.39 is 0 Å². The van der Waals surface area contributed by atoms with Gasteiger partial charge in [0.15, 0.2) is 0 Å². The van der Waals surface area contributed by atoms with Crippen molar-refractivity contribution in [1.82, 2.24) is 9.88 Å². The van der Waals surface area contributed by atoms with Gasteiger partial charge in [-0.1, -0.05) is 29.8 Å². The molecular formula is C15H17ClN2O. The van der Waals surface area contributed by atoms with Crippen molar-refractivity contribution >= 4 is 11.6 Å². The zero-order valence-electron chi connectivity index (χ0n) is 11.1. The number of methoxy groups -OCH3 is 1. The molecule has 1 heterocycles. The zero-order valence-corrected chi connectivity index (χ0v) is 11.9. The first kappa shape index (κ1) is 13.8. The molecule has 0 unspecified atom stereocenters. The molecule has 0 spiro atoms. The summed E-state index contributed by atoms with van der Waals surface area (Å²) < 4.78 is 5.15. The molecule has 0 N–H and O–H groups in total. The van der Waals surface area contributed by atoms with E-state index in [0.717, 1.165) is 24.4 Å². The quantitative estimate of drug-likeness (QED) is 0.783. The molecule has 1 aromatic carbocycles. The third-order valence-electron chi connectivity index (χ3n) is 2.85. The molecule has 0 saturated carbocycles. The lowest BCUT2D eigenvalue weighted by Gasteiger charge is -2.16. The number of pyridine rings is 1. The average molecular weight is 277 g/mol. The van der Waals surface area contributed by atoms with Gasteiger partial charge in [0.05, 0.1) is 7.11 Å². The SMILES string of the molecule is COc1ccc(CN(C)Cc2ccc(Cl)nc2)cc1. The summed E-state index contributed by atoms with van der Waals surface area (Å²) in [7, 11) is 3.76. The van der Waals surface area contributed by atoms with Crippen molar-refractivity contribution in [3.05, 3.63) is 58.9 Å². The highest BCUT2D eigenvalue weighted by molar-refractivity contribution is 6.29. The third kappa shape index (κ3) is 4.23.